The molecule has 0 amide bonds. The number of methoxy groups -OCH3 is 1. The molecular weight excluding hydrogens is 278 g/mol. The van der Waals surface area contributed by atoms with Crippen molar-refractivity contribution >= 4 is 5.69 Å². The van der Waals surface area contributed by atoms with Gasteiger partial charge in [-0.2, -0.15) is 0 Å². The van der Waals surface area contributed by atoms with Crippen molar-refractivity contribution in [1.82, 2.24) is 0 Å². The first kappa shape index (κ1) is 16.2. The van der Waals surface area contributed by atoms with E-state index in [1.54, 1.807) is 7.11 Å². The molecule has 4 nitrogen and oxygen atoms in total. The fourth-order valence-corrected chi connectivity index (χ4v) is 2.08. The lowest BCUT2D eigenvalue weighted by Gasteiger charge is -2.12. The molecule has 0 aliphatic rings. The number of rotatable bonds is 9. The molecule has 0 radical (unpaired) electrons. The Bertz CT molecular complexity index is 572. The zero-order chi connectivity index (χ0) is 15.6. The Kier molecular flexibility index (Phi) is 6.58. The summed E-state index contributed by atoms with van der Waals surface area (Å²) in [7, 11) is 1.66. The molecule has 2 aromatic carbocycles. The highest BCUT2D eigenvalue weighted by molar-refractivity contribution is 5.49. The molecule has 0 atom stereocenters. The summed E-state index contributed by atoms with van der Waals surface area (Å²) in [6, 6.07) is 16.0. The molecule has 1 N–H and O–H groups in total. The number of nitrogens with one attached hydrogen (secondary N) is 1. The molecule has 2 rings (SSSR count). The summed E-state index contributed by atoms with van der Waals surface area (Å²) in [5.41, 5.74) is 2.15. The van der Waals surface area contributed by atoms with Gasteiger partial charge in [-0.1, -0.05) is 24.3 Å². The maximum absolute atomic E-state index is 5.64. The minimum atomic E-state index is 0.549. The average molecular weight is 301 g/mol. The number of ether oxygens (including phenoxy) is 3. The van der Waals surface area contributed by atoms with Gasteiger partial charge < -0.3 is 19.5 Å². The molecule has 22 heavy (non-hydrogen) atoms. The predicted molar refractivity (Wildman–Crippen MR) is 88.8 cm³/mol. The third-order valence-corrected chi connectivity index (χ3v) is 3.15. The van der Waals surface area contributed by atoms with Crippen molar-refractivity contribution in [3.63, 3.8) is 0 Å². The highest BCUT2D eigenvalue weighted by Crippen LogP contribution is 2.21. The Balaban J connectivity index is 1.95. The van der Waals surface area contributed by atoms with Crippen molar-refractivity contribution in [2.75, 3.05) is 32.2 Å². The van der Waals surface area contributed by atoms with Crippen LogP contribution in [0.1, 0.15) is 12.5 Å². The lowest BCUT2D eigenvalue weighted by molar-refractivity contribution is 0.146. The Morgan fingerprint density at radius 3 is 2.64 bits per heavy atom. The van der Waals surface area contributed by atoms with Gasteiger partial charge in [-0.15, -0.1) is 0 Å². The number of para-hydroxylation sites is 1. The van der Waals surface area contributed by atoms with Crippen LogP contribution in [0, 0.1) is 0 Å². The van der Waals surface area contributed by atoms with E-state index in [0.717, 1.165) is 22.7 Å². The van der Waals surface area contributed by atoms with Crippen molar-refractivity contribution in [2.24, 2.45) is 0 Å². The number of benzene rings is 2. The summed E-state index contributed by atoms with van der Waals surface area (Å²) in [6.45, 7) is 4.50. The number of hydrogen-bond donors (Lipinski definition) is 1. The Morgan fingerprint density at radius 1 is 0.955 bits per heavy atom. The Morgan fingerprint density at radius 2 is 1.82 bits per heavy atom. The van der Waals surface area contributed by atoms with E-state index in [1.165, 1.54) is 0 Å². The summed E-state index contributed by atoms with van der Waals surface area (Å²) >= 11 is 0. The normalized spacial score (nSPS) is 10.3. The molecule has 0 aliphatic heterocycles. The van der Waals surface area contributed by atoms with Gasteiger partial charge in [0.1, 0.15) is 18.1 Å². The Labute approximate surface area is 132 Å². The summed E-state index contributed by atoms with van der Waals surface area (Å²) in [6.07, 6.45) is 0. The molecular formula is C18H23NO3. The average Bonchev–Trinajstić information content (AvgIpc) is 2.55. The van der Waals surface area contributed by atoms with E-state index in [1.807, 2.05) is 49.4 Å². The van der Waals surface area contributed by atoms with Crippen LogP contribution >= 0.6 is 0 Å². The first-order chi connectivity index (χ1) is 10.8. The third kappa shape index (κ3) is 4.97. The van der Waals surface area contributed by atoms with E-state index < -0.39 is 0 Å². The summed E-state index contributed by atoms with van der Waals surface area (Å²) in [4.78, 5) is 0. The molecule has 0 aromatic heterocycles. The second-order valence-corrected chi connectivity index (χ2v) is 4.76. The van der Waals surface area contributed by atoms with Crippen LogP contribution in [-0.4, -0.2) is 26.9 Å². The van der Waals surface area contributed by atoms with Gasteiger partial charge in [-0.3, -0.25) is 0 Å². The molecule has 118 valence electrons. The fourth-order valence-electron chi connectivity index (χ4n) is 2.08. The minimum Gasteiger partial charge on any atom is -0.494 e. The van der Waals surface area contributed by atoms with E-state index in [-0.39, 0.29) is 0 Å². The summed E-state index contributed by atoms with van der Waals surface area (Å²) in [5, 5.41) is 3.40. The fraction of sp³-hybridized carbons (Fsp3) is 0.333. The lowest BCUT2D eigenvalue weighted by Crippen LogP contribution is -2.05. The number of anilines is 1. The molecule has 0 saturated carbocycles. The van der Waals surface area contributed by atoms with Gasteiger partial charge in [0.25, 0.3) is 0 Å². The molecule has 4 heteroatoms. The van der Waals surface area contributed by atoms with E-state index in [0.29, 0.717) is 26.4 Å². The van der Waals surface area contributed by atoms with E-state index in [9.17, 15) is 0 Å². The van der Waals surface area contributed by atoms with Gasteiger partial charge in [0.05, 0.1) is 13.2 Å². The van der Waals surface area contributed by atoms with Crippen molar-refractivity contribution < 1.29 is 14.2 Å². The smallest absolute Gasteiger partial charge is 0.124 e. The second-order valence-electron chi connectivity index (χ2n) is 4.76. The van der Waals surface area contributed by atoms with Crippen molar-refractivity contribution in [2.45, 2.75) is 13.5 Å². The summed E-state index contributed by atoms with van der Waals surface area (Å²) in [5.74, 6) is 1.75. The monoisotopic (exact) mass is 301 g/mol. The molecule has 0 unspecified atom stereocenters. The first-order valence-corrected chi connectivity index (χ1v) is 7.50. The molecule has 0 heterocycles. The van der Waals surface area contributed by atoms with Crippen LogP contribution in [0.2, 0.25) is 0 Å². The molecule has 2 aromatic rings. The maximum Gasteiger partial charge on any atom is 0.124 e. The topological polar surface area (TPSA) is 39.7 Å². The molecule has 0 bridgehead atoms. The van der Waals surface area contributed by atoms with Crippen LogP contribution < -0.4 is 14.8 Å². The predicted octanol–water partition coefficient (Wildman–Crippen LogP) is 3.72. The van der Waals surface area contributed by atoms with Gasteiger partial charge in [0, 0.05) is 31.0 Å². The van der Waals surface area contributed by atoms with Crippen LogP contribution in [0.4, 0.5) is 5.69 Å². The van der Waals surface area contributed by atoms with Crippen LogP contribution in [0.25, 0.3) is 0 Å². The molecule has 0 aliphatic carbocycles. The van der Waals surface area contributed by atoms with Gasteiger partial charge in [-0.05, 0) is 25.1 Å². The summed E-state index contributed by atoms with van der Waals surface area (Å²) < 4.78 is 16.2. The highest BCUT2D eigenvalue weighted by Gasteiger charge is 2.03. The largest absolute Gasteiger partial charge is 0.494 e. The standard InChI is InChI=1S/C18H23NO3/c1-3-21-18-10-5-4-7-15(18)14-19-16-8-6-9-17(13-16)22-12-11-20-2/h4-10,13,19H,3,11-12,14H2,1-2H3. The Hall–Kier alpha value is -2.20. The molecule has 0 saturated heterocycles. The number of hydrogen-bond acceptors (Lipinski definition) is 4. The van der Waals surface area contributed by atoms with Crippen molar-refractivity contribution in [1.29, 1.82) is 0 Å². The zero-order valence-corrected chi connectivity index (χ0v) is 13.2. The van der Waals surface area contributed by atoms with Crippen LogP contribution in [0.5, 0.6) is 11.5 Å². The van der Waals surface area contributed by atoms with Gasteiger partial charge in [-0.25, -0.2) is 0 Å². The van der Waals surface area contributed by atoms with Crippen LogP contribution in [-0.2, 0) is 11.3 Å². The SMILES string of the molecule is CCOc1ccccc1CNc1cccc(OCCOC)c1. The maximum atomic E-state index is 5.64. The second kappa shape index (κ2) is 8.95. The minimum absolute atomic E-state index is 0.549. The van der Waals surface area contributed by atoms with E-state index in [2.05, 4.69) is 11.4 Å². The lowest BCUT2D eigenvalue weighted by atomic mass is 10.2. The van der Waals surface area contributed by atoms with Crippen molar-refractivity contribution in [3.05, 3.63) is 54.1 Å². The van der Waals surface area contributed by atoms with Crippen LogP contribution in [0.15, 0.2) is 48.5 Å². The zero-order valence-electron chi connectivity index (χ0n) is 13.2. The van der Waals surface area contributed by atoms with Gasteiger partial charge in [0.15, 0.2) is 0 Å². The van der Waals surface area contributed by atoms with Crippen molar-refractivity contribution in [3.8, 4) is 11.5 Å². The molecule has 0 fully saturated rings. The first-order valence-electron chi connectivity index (χ1n) is 7.50. The highest BCUT2D eigenvalue weighted by atomic mass is 16.5. The van der Waals surface area contributed by atoms with E-state index in [4.69, 9.17) is 14.2 Å². The third-order valence-electron chi connectivity index (χ3n) is 3.15. The van der Waals surface area contributed by atoms with Gasteiger partial charge in [0.2, 0.25) is 0 Å². The van der Waals surface area contributed by atoms with Gasteiger partial charge >= 0.3 is 0 Å². The van der Waals surface area contributed by atoms with Crippen LogP contribution in [0.3, 0.4) is 0 Å². The quantitative estimate of drug-likeness (QED) is 0.717. The van der Waals surface area contributed by atoms with E-state index >= 15 is 0 Å². The molecule has 0 spiro atoms.